The summed E-state index contributed by atoms with van der Waals surface area (Å²) in [5, 5.41) is 9.15. The molecule has 1 aromatic carbocycles. The maximum atomic E-state index is 11.4. The van der Waals surface area contributed by atoms with Gasteiger partial charge in [-0.15, -0.1) is 0 Å². The minimum atomic E-state index is 0.0850. The average molecular weight is 162 g/mol. The summed E-state index contributed by atoms with van der Waals surface area (Å²) in [6.07, 6.45) is 0.814. The van der Waals surface area contributed by atoms with E-state index in [2.05, 4.69) is 0 Å². The van der Waals surface area contributed by atoms with Crippen LogP contribution in [0.15, 0.2) is 18.2 Å². The molecule has 1 atom stereocenters. The number of carbonyl (C=O) groups is 1. The van der Waals surface area contributed by atoms with Crippen molar-refractivity contribution in [1.82, 2.24) is 0 Å². The van der Waals surface area contributed by atoms with Gasteiger partial charge in [-0.1, -0.05) is 13.0 Å². The average Bonchev–Trinajstić information content (AvgIpc) is 2.31. The zero-order chi connectivity index (χ0) is 8.72. The zero-order valence-electron chi connectivity index (χ0n) is 6.87. The van der Waals surface area contributed by atoms with Gasteiger partial charge in [-0.05, 0) is 24.1 Å². The molecule has 0 spiro atoms. The number of carbonyl (C=O) groups excluding carboxylic acids is 1. The summed E-state index contributed by atoms with van der Waals surface area (Å²) in [6, 6.07) is 5.01. The van der Waals surface area contributed by atoms with E-state index in [0.29, 0.717) is 5.56 Å². The van der Waals surface area contributed by atoms with Gasteiger partial charge >= 0.3 is 0 Å². The van der Waals surface area contributed by atoms with Gasteiger partial charge in [0.1, 0.15) is 5.75 Å². The summed E-state index contributed by atoms with van der Waals surface area (Å²) in [4.78, 5) is 11.4. The molecule has 0 fully saturated rings. The van der Waals surface area contributed by atoms with Gasteiger partial charge in [0.25, 0.3) is 0 Å². The smallest absolute Gasteiger partial charge is 0.166 e. The second kappa shape index (κ2) is 2.34. The summed E-state index contributed by atoms with van der Waals surface area (Å²) in [5.41, 5.74) is 1.76. The Morgan fingerprint density at radius 2 is 2.25 bits per heavy atom. The molecule has 2 rings (SSSR count). The molecule has 0 saturated carbocycles. The fraction of sp³-hybridized carbons (Fsp3) is 0.300. The third-order valence-corrected chi connectivity index (χ3v) is 2.33. The molecule has 0 saturated heterocycles. The maximum absolute atomic E-state index is 11.4. The van der Waals surface area contributed by atoms with Crippen LogP contribution in [0, 0.1) is 5.92 Å². The second-order valence-corrected chi connectivity index (χ2v) is 3.31. The quantitative estimate of drug-likeness (QED) is 0.631. The normalized spacial score (nSPS) is 21.1. The summed E-state index contributed by atoms with van der Waals surface area (Å²) in [7, 11) is 0. The highest BCUT2D eigenvalue weighted by atomic mass is 16.3. The van der Waals surface area contributed by atoms with Crippen LogP contribution in [0.3, 0.4) is 0 Å². The Balaban J connectivity index is 2.56. The highest BCUT2D eigenvalue weighted by Crippen LogP contribution is 2.28. The Morgan fingerprint density at radius 1 is 1.50 bits per heavy atom. The first-order chi connectivity index (χ1) is 5.68. The van der Waals surface area contributed by atoms with E-state index in [0.717, 1.165) is 12.0 Å². The van der Waals surface area contributed by atoms with Crippen molar-refractivity contribution in [1.29, 1.82) is 0 Å². The number of phenols is 1. The topological polar surface area (TPSA) is 37.3 Å². The van der Waals surface area contributed by atoms with Crippen molar-refractivity contribution >= 4 is 5.78 Å². The number of phenolic OH excluding ortho intramolecular Hbond substituents is 1. The molecule has 1 aliphatic rings. The summed E-state index contributed by atoms with van der Waals surface area (Å²) in [5.74, 6) is 0.416. The number of rotatable bonds is 0. The summed E-state index contributed by atoms with van der Waals surface area (Å²) in [6.45, 7) is 1.92. The molecule has 0 aromatic heterocycles. The van der Waals surface area contributed by atoms with Gasteiger partial charge in [0.2, 0.25) is 0 Å². The Hall–Kier alpha value is -1.31. The molecule has 62 valence electrons. The predicted molar refractivity (Wildman–Crippen MR) is 45.3 cm³/mol. The Morgan fingerprint density at radius 3 is 3.00 bits per heavy atom. The van der Waals surface area contributed by atoms with Crippen LogP contribution >= 0.6 is 0 Å². The van der Waals surface area contributed by atoms with Crippen LogP contribution in [0.4, 0.5) is 0 Å². The molecular weight excluding hydrogens is 152 g/mol. The van der Waals surface area contributed by atoms with Gasteiger partial charge in [-0.2, -0.15) is 0 Å². The molecule has 1 aliphatic carbocycles. The van der Waals surface area contributed by atoms with E-state index in [4.69, 9.17) is 5.11 Å². The molecular formula is C10H10O2. The van der Waals surface area contributed by atoms with Gasteiger partial charge in [0.05, 0.1) is 0 Å². The van der Waals surface area contributed by atoms with E-state index in [1.807, 2.05) is 13.0 Å². The molecule has 0 amide bonds. The van der Waals surface area contributed by atoms with Crippen molar-refractivity contribution in [3.63, 3.8) is 0 Å². The monoisotopic (exact) mass is 162 g/mol. The minimum absolute atomic E-state index is 0.0850. The van der Waals surface area contributed by atoms with Gasteiger partial charge in [-0.25, -0.2) is 0 Å². The zero-order valence-corrected chi connectivity index (χ0v) is 6.87. The van der Waals surface area contributed by atoms with E-state index >= 15 is 0 Å². The molecule has 0 bridgehead atoms. The number of benzene rings is 1. The number of ketones is 1. The van der Waals surface area contributed by atoms with Crippen molar-refractivity contribution in [2.24, 2.45) is 5.92 Å². The van der Waals surface area contributed by atoms with Crippen LogP contribution in [0.2, 0.25) is 0 Å². The van der Waals surface area contributed by atoms with Crippen molar-refractivity contribution in [2.75, 3.05) is 0 Å². The molecule has 0 heterocycles. The highest BCUT2D eigenvalue weighted by molar-refractivity contribution is 6.02. The Bertz CT molecular complexity index is 342. The molecule has 2 nitrogen and oxygen atoms in total. The van der Waals surface area contributed by atoms with E-state index in [1.165, 1.54) is 0 Å². The summed E-state index contributed by atoms with van der Waals surface area (Å²) < 4.78 is 0. The van der Waals surface area contributed by atoms with E-state index in [-0.39, 0.29) is 17.5 Å². The Kier molecular flexibility index (Phi) is 1.43. The van der Waals surface area contributed by atoms with Crippen LogP contribution in [0.5, 0.6) is 5.75 Å². The fourth-order valence-electron chi connectivity index (χ4n) is 1.66. The molecule has 0 aliphatic heterocycles. The van der Waals surface area contributed by atoms with Crippen molar-refractivity contribution < 1.29 is 9.90 Å². The predicted octanol–water partition coefficient (Wildman–Crippen LogP) is 1.77. The molecule has 1 N–H and O–H groups in total. The van der Waals surface area contributed by atoms with E-state index in [1.54, 1.807) is 12.1 Å². The number of aromatic hydroxyl groups is 1. The standard InChI is InChI=1S/C10H10O2/c1-6-4-7-2-3-8(11)5-9(7)10(6)12/h2-3,5-6,11H,4H2,1H3. The lowest BCUT2D eigenvalue weighted by molar-refractivity contribution is 0.0946. The molecule has 1 aromatic rings. The van der Waals surface area contributed by atoms with Crippen LogP contribution in [-0.4, -0.2) is 10.9 Å². The number of fused-ring (bicyclic) bond motifs is 1. The lowest BCUT2D eigenvalue weighted by atomic mass is 10.1. The van der Waals surface area contributed by atoms with Crippen LogP contribution < -0.4 is 0 Å². The third kappa shape index (κ3) is 0.916. The first-order valence-corrected chi connectivity index (χ1v) is 4.04. The van der Waals surface area contributed by atoms with Crippen LogP contribution in [0.1, 0.15) is 22.8 Å². The first-order valence-electron chi connectivity index (χ1n) is 4.04. The lowest BCUT2D eigenvalue weighted by Gasteiger charge is -1.96. The lowest BCUT2D eigenvalue weighted by Crippen LogP contribution is -2.02. The number of Topliss-reactive ketones (excluding diaryl/α,β-unsaturated/α-hetero) is 1. The third-order valence-electron chi connectivity index (χ3n) is 2.33. The first kappa shape index (κ1) is 7.35. The van der Waals surface area contributed by atoms with Crippen molar-refractivity contribution in [3.05, 3.63) is 29.3 Å². The maximum Gasteiger partial charge on any atom is 0.166 e. The number of hydrogen-bond donors (Lipinski definition) is 1. The molecule has 12 heavy (non-hydrogen) atoms. The SMILES string of the molecule is CC1Cc2ccc(O)cc2C1=O. The van der Waals surface area contributed by atoms with Gasteiger partial charge in [0.15, 0.2) is 5.78 Å². The van der Waals surface area contributed by atoms with E-state index in [9.17, 15) is 4.79 Å². The van der Waals surface area contributed by atoms with Crippen LogP contribution in [-0.2, 0) is 6.42 Å². The Labute approximate surface area is 70.8 Å². The van der Waals surface area contributed by atoms with Gasteiger partial charge in [-0.3, -0.25) is 4.79 Å². The van der Waals surface area contributed by atoms with Crippen molar-refractivity contribution in [2.45, 2.75) is 13.3 Å². The molecule has 1 unspecified atom stereocenters. The minimum Gasteiger partial charge on any atom is -0.508 e. The largest absolute Gasteiger partial charge is 0.508 e. The highest BCUT2D eigenvalue weighted by Gasteiger charge is 2.26. The number of hydrogen-bond acceptors (Lipinski definition) is 2. The van der Waals surface area contributed by atoms with Gasteiger partial charge in [0, 0.05) is 11.5 Å². The second-order valence-electron chi connectivity index (χ2n) is 3.31. The van der Waals surface area contributed by atoms with Crippen molar-refractivity contribution in [3.8, 4) is 5.75 Å². The van der Waals surface area contributed by atoms with Gasteiger partial charge < -0.3 is 5.11 Å². The molecule has 2 heteroatoms. The molecule has 0 radical (unpaired) electrons. The summed E-state index contributed by atoms with van der Waals surface area (Å²) >= 11 is 0. The fourth-order valence-corrected chi connectivity index (χ4v) is 1.66. The van der Waals surface area contributed by atoms with Crippen LogP contribution in [0.25, 0.3) is 0 Å². The van der Waals surface area contributed by atoms with E-state index < -0.39 is 0 Å².